The van der Waals surface area contributed by atoms with Crippen LogP contribution in [0.2, 0.25) is 0 Å². The fourth-order valence-corrected chi connectivity index (χ4v) is 2.20. The Labute approximate surface area is 114 Å². The van der Waals surface area contributed by atoms with Gasteiger partial charge in [0.2, 0.25) is 0 Å². The quantitative estimate of drug-likeness (QED) is 0.889. The highest BCUT2D eigenvalue weighted by molar-refractivity contribution is 5.95. The van der Waals surface area contributed by atoms with Crippen molar-refractivity contribution in [1.29, 1.82) is 0 Å². The molecule has 19 heavy (non-hydrogen) atoms. The third-order valence-corrected chi connectivity index (χ3v) is 3.24. The highest BCUT2D eigenvalue weighted by atomic mass is 16.5. The first-order valence-electron chi connectivity index (χ1n) is 6.69. The second-order valence-corrected chi connectivity index (χ2v) is 5.08. The highest BCUT2D eigenvalue weighted by Gasteiger charge is 2.26. The number of likely N-dealkylation sites (N-methyl/N-ethyl adjacent to an activating group) is 1. The zero-order valence-corrected chi connectivity index (χ0v) is 11.7. The van der Waals surface area contributed by atoms with Crippen LogP contribution in [-0.4, -0.2) is 48.1 Å². The van der Waals surface area contributed by atoms with Gasteiger partial charge in [-0.1, -0.05) is 0 Å². The van der Waals surface area contributed by atoms with Crippen LogP contribution < -0.4 is 10.1 Å². The summed E-state index contributed by atoms with van der Waals surface area (Å²) in [6, 6.07) is 3.81. The van der Waals surface area contributed by atoms with Crippen molar-refractivity contribution >= 4 is 5.91 Å². The summed E-state index contributed by atoms with van der Waals surface area (Å²) in [6.07, 6.45) is 2.63. The van der Waals surface area contributed by atoms with Gasteiger partial charge in [-0.15, -0.1) is 0 Å². The molecule has 2 rings (SSSR count). The van der Waals surface area contributed by atoms with Crippen LogP contribution in [0.4, 0.5) is 0 Å². The van der Waals surface area contributed by atoms with Crippen molar-refractivity contribution in [1.82, 2.24) is 15.2 Å². The summed E-state index contributed by atoms with van der Waals surface area (Å²) >= 11 is 0. The lowest BCUT2D eigenvalue weighted by molar-refractivity contribution is 0.0731. The maximum atomic E-state index is 12.5. The number of nitrogens with one attached hydrogen (secondary N) is 1. The lowest BCUT2D eigenvalue weighted by Gasteiger charge is -2.24. The summed E-state index contributed by atoms with van der Waals surface area (Å²) in [5.74, 6) is 0.477. The molecule has 0 saturated carbocycles. The van der Waals surface area contributed by atoms with Crippen molar-refractivity contribution in [2.45, 2.75) is 32.4 Å². The van der Waals surface area contributed by atoms with Crippen molar-refractivity contribution < 1.29 is 9.53 Å². The lowest BCUT2D eigenvalue weighted by Crippen LogP contribution is -2.39. The average Bonchev–Trinajstić information content (AvgIpc) is 2.91. The molecule has 1 aromatic rings. The van der Waals surface area contributed by atoms with E-state index in [4.69, 9.17) is 4.74 Å². The Morgan fingerprint density at radius 1 is 1.58 bits per heavy atom. The van der Waals surface area contributed by atoms with Crippen molar-refractivity contribution in [3.63, 3.8) is 0 Å². The molecule has 0 aliphatic carbocycles. The Morgan fingerprint density at radius 3 is 3.00 bits per heavy atom. The SMILES string of the molecule is CC(C)Oc1cccnc1C(=O)N(C)[C@H]1CCNC1. The smallest absolute Gasteiger partial charge is 0.276 e. The van der Waals surface area contributed by atoms with Crippen LogP contribution in [0.15, 0.2) is 18.3 Å². The van der Waals surface area contributed by atoms with Gasteiger partial charge < -0.3 is 15.0 Å². The molecule has 104 valence electrons. The Morgan fingerprint density at radius 2 is 2.37 bits per heavy atom. The first-order chi connectivity index (χ1) is 9.09. The van der Waals surface area contributed by atoms with Gasteiger partial charge in [0.05, 0.1) is 6.10 Å². The van der Waals surface area contributed by atoms with E-state index >= 15 is 0 Å². The molecule has 0 bridgehead atoms. The molecule has 1 aliphatic heterocycles. The molecule has 2 heterocycles. The number of nitrogens with zero attached hydrogens (tertiary/aromatic N) is 2. The monoisotopic (exact) mass is 263 g/mol. The predicted molar refractivity (Wildman–Crippen MR) is 73.4 cm³/mol. The molecule has 1 saturated heterocycles. The van der Waals surface area contributed by atoms with E-state index in [9.17, 15) is 4.79 Å². The normalized spacial score (nSPS) is 18.6. The Hall–Kier alpha value is -1.62. The van der Waals surface area contributed by atoms with Crippen molar-refractivity contribution in [3.05, 3.63) is 24.0 Å². The number of hydrogen-bond donors (Lipinski definition) is 1. The molecule has 5 nitrogen and oxygen atoms in total. The molecule has 1 aromatic heterocycles. The third kappa shape index (κ3) is 3.23. The number of carbonyl (C=O) groups excluding carboxylic acids is 1. The molecule has 5 heteroatoms. The Kier molecular flexibility index (Phi) is 4.37. The first-order valence-corrected chi connectivity index (χ1v) is 6.69. The highest BCUT2D eigenvalue weighted by Crippen LogP contribution is 2.20. The summed E-state index contributed by atoms with van der Waals surface area (Å²) < 4.78 is 5.65. The van der Waals surface area contributed by atoms with E-state index in [1.807, 2.05) is 20.9 Å². The van der Waals surface area contributed by atoms with Gasteiger partial charge in [-0.2, -0.15) is 0 Å². The van der Waals surface area contributed by atoms with Gasteiger partial charge in [0.25, 0.3) is 5.91 Å². The number of carbonyl (C=O) groups is 1. The number of ether oxygens (including phenoxy) is 1. The molecule has 1 N–H and O–H groups in total. The maximum absolute atomic E-state index is 12.5. The molecule has 0 spiro atoms. The summed E-state index contributed by atoms with van der Waals surface area (Å²) in [5, 5.41) is 3.26. The van der Waals surface area contributed by atoms with Gasteiger partial charge >= 0.3 is 0 Å². The fraction of sp³-hybridized carbons (Fsp3) is 0.571. The van der Waals surface area contributed by atoms with E-state index in [0.717, 1.165) is 19.5 Å². The number of amides is 1. The minimum atomic E-state index is -0.0787. The van der Waals surface area contributed by atoms with Crippen LogP contribution in [-0.2, 0) is 0 Å². The Bertz CT molecular complexity index is 442. The molecular weight excluding hydrogens is 242 g/mol. The van der Waals surface area contributed by atoms with Crippen molar-refractivity contribution in [2.75, 3.05) is 20.1 Å². The van der Waals surface area contributed by atoms with E-state index in [-0.39, 0.29) is 18.1 Å². The van der Waals surface area contributed by atoms with E-state index in [2.05, 4.69) is 10.3 Å². The molecular formula is C14H21N3O2. The second kappa shape index (κ2) is 6.02. The van der Waals surface area contributed by atoms with Crippen molar-refractivity contribution in [2.24, 2.45) is 0 Å². The minimum Gasteiger partial charge on any atom is -0.489 e. The lowest BCUT2D eigenvalue weighted by atomic mass is 10.2. The topological polar surface area (TPSA) is 54.5 Å². The minimum absolute atomic E-state index is 0.0224. The van der Waals surface area contributed by atoms with Gasteiger partial charge in [-0.25, -0.2) is 4.98 Å². The van der Waals surface area contributed by atoms with Crippen LogP contribution in [0.5, 0.6) is 5.75 Å². The zero-order chi connectivity index (χ0) is 13.8. The second-order valence-electron chi connectivity index (χ2n) is 5.08. The van der Waals surface area contributed by atoms with E-state index < -0.39 is 0 Å². The third-order valence-electron chi connectivity index (χ3n) is 3.24. The maximum Gasteiger partial charge on any atom is 0.276 e. The standard InChI is InChI=1S/C14H21N3O2/c1-10(2)19-12-5-4-7-16-13(12)14(18)17(3)11-6-8-15-9-11/h4-5,7,10-11,15H,6,8-9H2,1-3H3/t11-/m0/s1. The summed E-state index contributed by atoms with van der Waals surface area (Å²) in [6.45, 7) is 5.67. The van der Waals surface area contributed by atoms with E-state index in [1.165, 1.54) is 0 Å². The summed E-state index contributed by atoms with van der Waals surface area (Å²) in [7, 11) is 1.83. The van der Waals surface area contributed by atoms with E-state index in [0.29, 0.717) is 11.4 Å². The molecule has 1 amide bonds. The first kappa shape index (κ1) is 13.8. The van der Waals surface area contributed by atoms with Crippen molar-refractivity contribution in [3.8, 4) is 5.75 Å². The predicted octanol–water partition coefficient (Wildman–Crippen LogP) is 1.30. The van der Waals surface area contributed by atoms with Gasteiger partial charge in [-0.05, 0) is 38.9 Å². The van der Waals surface area contributed by atoms with Gasteiger partial charge in [0.15, 0.2) is 11.4 Å². The number of hydrogen-bond acceptors (Lipinski definition) is 4. The fourth-order valence-electron chi connectivity index (χ4n) is 2.20. The zero-order valence-electron chi connectivity index (χ0n) is 11.7. The number of aromatic nitrogens is 1. The number of rotatable bonds is 4. The summed E-state index contributed by atoms with van der Waals surface area (Å²) in [4.78, 5) is 18.4. The molecule has 0 unspecified atom stereocenters. The van der Waals surface area contributed by atoms with Crippen LogP contribution in [0.25, 0.3) is 0 Å². The average molecular weight is 263 g/mol. The van der Waals surface area contributed by atoms with Crippen LogP contribution >= 0.6 is 0 Å². The van der Waals surface area contributed by atoms with Gasteiger partial charge in [-0.3, -0.25) is 4.79 Å². The Balaban J connectivity index is 2.17. The van der Waals surface area contributed by atoms with E-state index in [1.54, 1.807) is 23.2 Å². The molecule has 0 aromatic carbocycles. The van der Waals surface area contributed by atoms with Gasteiger partial charge in [0.1, 0.15) is 0 Å². The summed E-state index contributed by atoms with van der Waals surface area (Å²) in [5.41, 5.74) is 0.394. The number of pyridine rings is 1. The van der Waals surface area contributed by atoms with Crippen LogP contribution in [0.3, 0.4) is 0 Å². The van der Waals surface area contributed by atoms with Crippen LogP contribution in [0.1, 0.15) is 30.8 Å². The van der Waals surface area contributed by atoms with Crippen LogP contribution in [0, 0.1) is 0 Å². The molecule has 1 atom stereocenters. The molecule has 1 fully saturated rings. The van der Waals surface area contributed by atoms with Gasteiger partial charge in [0, 0.05) is 25.8 Å². The molecule has 0 radical (unpaired) electrons. The molecule has 1 aliphatic rings. The largest absolute Gasteiger partial charge is 0.489 e.